The van der Waals surface area contributed by atoms with E-state index in [9.17, 15) is 19.8 Å². The Hall–Kier alpha value is -1.83. The second kappa shape index (κ2) is 12.2. The summed E-state index contributed by atoms with van der Waals surface area (Å²) >= 11 is 1.56. The van der Waals surface area contributed by atoms with E-state index in [1.807, 2.05) is 32.2 Å². The van der Waals surface area contributed by atoms with Gasteiger partial charge in [0.15, 0.2) is 0 Å². The minimum atomic E-state index is -1.21. The number of aryl methyl sites for hydroxylation is 1. The molecular formula is C27H41NO5S. The van der Waals surface area contributed by atoms with Crippen molar-refractivity contribution in [3.05, 3.63) is 33.3 Å². The summed E-state index contributed by atoms with van der Waals surface area (Å²) in [6, 6.07) is 0. The van der Waals surface area contributed by atoms with Crippen LogP contribution in [0.25, 0.3) is 6.08 Å². The number of aliphatic hydroxyl groups excluding tert-OH is 2. The molecule has 0 saturated carbocycles. The topological polar surface area (TPSA) is 96.7 Å². The summed E-state index contributed by atoms with van der Waals surface area (Å²) < 4.78 is 5.81. The Kier molecular flexibility index (Phi) is 10.2. The van der Waals surface area contributed by atoms with Crippen LogP contribution in [-0.2, 0) is 14.3 Å². The van der Waals surface area contributed by atoms with Crippen LogP contribution < -0.4 is 0 Å². The Labute approximate surface area is 208 Å². The number of carbonyl (C=O) groups is 2. The molecule has 2 N–H and O–H groups in total. The zero-order chi connectivity index (χ0) is 25.6. The molecule has 34 heavy (non-hydrogen) atoms. The normalized spacial score (nSPS) is 32.1. The molecule has 1 aliphatic rings. The number of rotatable bonds is 2. The third-order valence-corrected chi connectivity index (χ3v) is 7.83. The molecule has 2 heterocycles. The van der Waals surface area contributed by atoms with Crippen molar-refractivity contribution >= 4 is 29.2 Å². The lowest BCUT2D eigenvalue weighted by Crippen LogP contribution is -2.45. The zero-order valence-corrected chi connectivity index (χ0v) is 22.4. The van der Waals surface area contributed by atoms with E-state index in [1.54, 1.807) is 32.1 Å². The van der Waals surface area contributed by atoms with Crippen molar-refractivity contribution in [1.82, 2.24) is 4.98 Å². The van der Waals surface area contributed by atoms with Crippen LogP contribution in [0.3, 0.4) is 0 Å². The summed E-state index contributed by atoms with van der Waals surface area (Å²) in [6.45, 7) is 12.8. The van der Waals surface area contributed by atoms with Crippen LogP contribution in [0.2, 0.25) is 0 Å². The van der Waals surface area contributed by atoms with Gasteiger partial charge in [0, 0.05) is 17.7 Å². The number of allylic oxidation sites excluding steroid dienone is 1. The summed E-state index contributed by atoms with van der Waals surface area (Å²) in [5.74, 6) is -1.49. The molecular weight excluding hydrogens is 450 g/mol. The molecule has 5 atom stereocenters. The van der Waals surface area contributed by atoms with Crippen molar-refractivity contribution < 1.29 is 24.5 Å². The molecule has 4 unspecified atom stereocenters. The van der Waals surface area contributed by atoms with Crippen LogP contribution in [0.15, 0.2) is 22.6 Å². The first kappa shape index (κ1) is 28.4. The van der Waals surface area contributed by atoms with Crippen molar-refractivity contribution in [3.63, 3.8) is 0 Å². The van der Waals surface area contributed by atoms with Crippen LogP contribution in [0.5, 0.6) is 0 Å². The summed E-state index contributed by atoms with van der Waals surface area (Å²) in [4.78, 5) is 30.5. The van der Waals surface area contributed by atoms with Gasteiger partial charge in [0.1, 0.15) is 11.9 Å². The minimum Gasteiger partial charge on any atom is -0.457 e. The molecule has 190 valence electrons. The van der Waals surface area contributed by atoms with Gasteiger partial charge < -0.3 is 14.9 Å². The first-order valence-electron chi connectivity index (χ1n) is 12.2. The largest absolute Gasteiger partial charge is 0.457 e. The fourth-order valence-corrected chi connectivity index (χ4v) is 4.97. The second-order valence-electron chi connectivity index (χ2n) is 10.4. The van der Waals surface area contributed by atoms with Crippen molar-refractivity contribution in [3.8, 4) is 0 Å². The van der Waals surface area contributed by atoms with Gasteiger partial charge in [-0.15, -0.1) is 11.3 Å². The zero-order valence-electron chi connectivity index (χ0n) is 21.6. The minimum absolute atomic E-state index is 0.0444. The number of aromatic nitrogens is 1. The lowest BCUT2D eigenvalue weighted by molar-refractivity contribution is -0.154. The van der Waals surface area contributed by atoms with Gasteiger partial charge in [-0.05, 0) is 57.6 Å². The first-order valence-corrected chi connectivity index (χ1v) is 13.1. The Morgan fingerprint density at radius 1 is 1.24 bits per heavy atom. The van der Waals surface area contributed by atoms with E-state index >= 15 is 0 Å². The lowest BCUT2D eigenvalue weighted by Gasteiger charge is -2.34. The maximum Gasteiger partial charge on any atom is 0.309 e. The van der Waals surface area contributed by atoms with Crippen molar-refractivity contribution in [2.75, 3.05) is 0 Å². The van der Waals surface area contributed by atoms with Crippen LogP contribution >= 0.6 is 11.3 Å². The molecule has 1 aliphatic heterocycles. The Morgan fingerprint density at radius 2 is 1.91 bits per heavy atom. The fraction of sp³-hybridized carbons (Fsp3) is 0.667. The molecule has 1 aromatic heterocycles. The number of hydrogen-bond acceptors (Lipinski definition) is 7. The third-order valence-electron chi connectivity index (χ3n) is 7.04. The van der Waals surface area contributed by atoms with Crippen molar-refractivity contribution in [1.29, 1.82) is 0 Å². The molecule has 0 aromatic carbocycles. The summed E-state index contributed by atoms with van der Waals surface area (Å²) in [7, 11) is 0. The van der Waals surface area contributed by atoms with Gasteiger partial charge >= 0.3 is 5.97 Å². The number of ketones is 1. The van der Waals surface area contributed by atoms with Gasteiger partial charge in [-0.25, -0.2) is 4.98 Å². The number of Topliss-reactive ketones (excluding diaryl/α,β-unsaturated/α-hetero) is 1. The highest BCUT2D eigenvalue weighted by atomic mass is 32.1. The molecule has 0 radical (unpaired) electrons. The van der Waals surface area contributed by atoms with E-state index < -0.39 is 35.6 Å². The smallest absolute Gasteiger partial charge is 0.309 e. The predicted molar refractivity (Wildman–Crippen MR) is 136 cm³/mol. The number of carbonyl (C=O) groups excluding carboxylic acids is 2. The van der Waals surface area contributed by atoms with Gasteiger partial charge in [0.25, 0.3) is 0 Å². The number of ether oxygens (including phenoxy) is 1. The van der Waals surface area contributed by atoms with E-state index in [0.717, 1.165) is 35.5 Å². The molecule has 0 spiro atoms. The highest BCUT2D eigenvalue weighted by Crippen LogP contribution is 2.32. The Balaban J connectivity index is 2.33. The lowest BCUT2D eigenvalue weighted by atomic mass is 9.73. The van der Waals surface area contributed by atoms with E-state index in [0.29, 0.717) is 6.42 Å². The Bertz CT molecular complexity index is 916. The molecule has 7 heteroatoms. The maximum absolute atomic E-state index is 13.2. The molecule has 0 bridgehead atoms. The van der Waals surface area contributed by atoms with Crippen LogP contribution in [0.1, 0.15) is 84.3 Å². The highest BCUT2D eigenvalue weighted by molar-refractivity contribution is 7.09. The average molecular weight is 492 g/mol. The van der Waals surface area contributed by atoms with Gasteiger partial charge in [0.05, 0.1) is 34.7 Å². The molecule has 0 amide bonds. The molecule has 2 rings (SSSR count). The molecule has 0 saturated heterocycles. The van der Waals surface area contributed by atoms with Gasteiger partial charge in [0.2, 0.25) is 0 Å². The molecule has 6 nitrogen and oxygen atoms in total. The summed E-state index contributed by atoms with van der Waals surface area (Å²) in [6.07, 6.45) is 4.33. The van der Waals surface area contributed by atoms with Crippen molar-refractivity contribution in [2.45, 2.75) is 98.9 Å². The third kappa shape index (κ3) is 7.59. The van der Waals surface area contributed by atoms with Gasteiger partial charge in [-0.3, -0.25) is 9.59 Å². The number of aliphatic hydroxyl groups is 2. The van der Waals surface area contributed by atoms with Crippen LogP contribution in [0.4, 0.5) is 0 Å². The number of hydrogen-bond donors (Lipinski definition) is 2. The van der Waals surface area contributed by atoms with E-state index in [4.69, 9.17) is 4.74 Å². The number of esters is 1. The monoisotopic (exact) mass is 491 g/mol. The number of thiazole rings is 1. The average Bonchev–Trinajstić information content (AvgIpc) is 3.18. The maximum atomic E-state index is 13.2. The molecule has 1 aromatic rings. The summed E-state index contributed by atoms with van der Waals surface area (Å²) in [5, 5.41) is 24.5. The van der Waals surface area contributed by atoms with E-state index in [2.05, 4.69) is 18.0 Å². The quantitative estimate of drug-likeness (QED) is 0.432. The fourth-order valence-electron chi connectivity index (χ4n) is 4.40. The van der Waals surface area contributed by atoms with E-state index in [-0.39, 0.29) is 18.1 Å². The van der Waals surface area contributed by atoms with Gasteiger partial charge in [-0.1, -0.05) is 39.3 Å². The number of nitrogens with zero attached hydrogens (tertiary/aromatic N) is 1. The standard InChI is InChI=1S/C27H41NO5S/c1-16-9-8-10-17(2)25(31)19(4)26(32)27(6,7)23(29)14-24(30)33-22(12-11-16)18(3)13-21-15-34-20(5)28-21/h11,13,15,17,19,22-23,25,29,31H,8-10,12,14H2,1-7H3/b16-11-,18-13?/t17?,19?,22?,23-,25?/m0/s1. The molecule has 0 fully saturated rings. The highest BCUT2D eigenvalue weighted by Gasteiger charge is 2.42. The number of cyclic esters (lactones) is 1. The summed E-state index contributed by atoms with van der Waals surface area (Å²) in [5.41, 5.74) is 1.71. The van der Waals surface area contributed by atoms with E-state index in [1.165, 1.54) is 5.57 Å². The van der Waals surface area contributed by atoms with Crippen LogP contribution in [-0.4, -0.2) is 45.3 Å². The Morgan fingerprint density at radius 3 is 2.53 bits per heavy atom. The molecule has 0 aliphatic carbocycles. The SMILES string of the molecule is CC(=Cc1csc(C)n1)C1C/C=C(/C)CCCC(C)C(O)C(C)C(=O)C(C)(C)[C@@H](O)CC(=O)O1. The first-order chi connectivity index (χ1) is 15.8. The van der Waals surface area contributed by atoms with Crippen LogP contribution in [0, 0.1) is 24.2 Å². The van der Waals surface area contributed by atoms with Gasteiger partial charge in [-0.2, -0.15) is 0 Å². The van der Waals surface area contributed by atoms with Crippen molar-refractivity contribution in [2.24, 2.45) is 17.3 Å². The second-order valence-corrected chi connectivity index (χ2v) is 11.5. The predicted octanol–water partition coefficient (Wildman–Crippen LogP) is 5.27.